The van der Waals surface area contributed by atoms with E-state index >= 15 is 0 Å². The predicted octanol–water partition coefficient (Wildman–Crippen LogP) is 3.90. The molecule has 19 heavy (non-hydrogen) atoms. The second-order valence-electron chi connectivity index (χ2n) is 4.48. The van der Waals surface area contributed by atoms with E-state index in [0.29, 0.717) is 0 Å². The number of hydrogen-bond acceptors (Lipinski definition) is 3. The van der Waals surface area contributed by atoms with Gasteiger partial charge in [0.2, 0.25) is 0 Å². The van der Waals surface area contributed by atoms with Gasteiger partial charge in [0.05, 0.1) is 23.0 Å². The van der Waals surface area contributed by atoms with Crippen LogP contribution in [0.25, 0.3) is 0 Å². The van der Waals surface area contributed by atoms with Crippen LogP contribution in [0.4, 0.5) is 0 Å². The van der Waals surface area contributed by atoms with Crippen molar-refractivity contribution in [2.45, 2.75) is 39.3 Å². The third-order valence-electron chi connectivity index (χ3n) is 3.09. The van der Waals surface area contributed by atoms with Gasteiger partial charge < -0.3 is 5.32 Å². The summed E-state index contributed by atoms with van der Waals surface area (Å²) in [6, 6.07) is 4.50. The molecule has 1 atom stereocenters. The lowest BCUT2D eigenvalue weighted by Crippen LogP contribution is -2.26. The molecule has 0 aliphatic carbocycles. The summed E-state index contributed by atoms with van der Waals surface area (Å²) in [6.07, 6.45) is 3.82. The van der Waals surface area contributed by atoms with Gasteiger partial charge in [-0.2, -0.15) is 5.10 Å². The molecule has 0 saturated carbocycles. The SMILES string of the molecule is CCCNC(Cc1cccs1)c1c(Cl)cnn1CC. The quantitative estimate of drug-likeness (QED) is 0.840. The van der Waals surface area contributed by atoms with Gasteiger partial charge in [-0.25, -0.2) is 0 Å². The van der Waals surface area contributed by atoms with E-state index in [2.05, 4.69) is 41.8 Å². The fraction of sp³-hybridized carbons (Fsp3) is 0.500. The molecule has 5 heteroatoms. The molecule has 1 N–H and O–H groups in total. The summed E-state index contributed by atoms with van der Waals surface area (Å²) in [5.74, 6) is 0. The minimum Gasteiger partial charge on any atom is -0.308 e. The van der Waals surface area contributed by atoms with Gasteiger partial charge in [0, 0.05) is 17.8 Å². The van der Waals surface area contributed by atoms with Gasteiger partial charge in [-0.1, -0.05) is 24.6 Å². The van der Waals surface area contributed by atoms with E-state index in [1.165, 1.54) is 4.88 Å². The van der Waals surface area contributed by atoms with Crippen LogP contribution in [0, 0.1) is 0 Å². The number of nitrogens with zero attached hydrogens (tertiary/aromatic N) is 2. The van der Waals surface area contributed by atoms with E-state index in [9.17, 15) is 0 Å². The number of nitrogens with one attached hydrogen (secondary N) is 1. The average Bonchev–Trinajstić information content (AvgIpc) is 3.04. The van der Waals surface area contributed by atoms with Gasteiger partial charge in [-0.3, -0.25) is 4.68 Å². The topological polar surface area (TPSA) is 29.9 Å². The second-order valence-corrected chi connectivity index (χ2v) is 5.92. The summed E-state index contributed by atoms with van der Waals surface area (Å²) in [5, 5.41) is 10.8. The van der Waals surface area contributed by atoms with E-state index in [0.717, 1.165) is 36.6 Å². The summed E-state index contributed by atoms with van der Waals surface area (Å²) in [6.45, 7) is 6.10. The maximum atomic E-state index is 6.32. The third-order valence-corrected chi connectivity index (χ3v) is 4.28. The normalized spacial score (nSPS) is 12.8. The minimum atomic E-state index is 0.230. The summed E-state index contributed by atoms with van der Waals surface area (Å²) >= 11 is 8.11. The van der Waals surface area contributed by atoms with Crippen molar-refractivity contribution in [3.8, 4) is 0 Å². The molecule has 0 fully saturated rings. The van der Waals surface area contributed by atoms with Crippen molar-refractivity contribution in [2.75, 3.05) is 6.54 Å². The molecule has 0 spiro atoms. The van der Waals surface area contributed by atoms with Crippen LogP contribution in [0.5, 0.6) is 0 Å². The monoisotopic (exact) mass is 297 g/mol. The van der Waals surface area contributed by atoms with Crippen LogP contribution in [-0.4, -0.2) is 16.3 Å². The van der Waals surface area contributed by atoms with E-state index < -0.39 is 0 Å². The Hall–Kier alpha value is -0.840. The fourth-order valence-corrected chi connectivity index (χ4v) is 3.21. The van der Waals surface area contributed by atoms with Crippen LogP contribution in [0.3, 0.4) is 0 Å². The van der Waals surface area contributed by atoms with Crippen molar-refractivity contribution in [3.05, 3.63) is 39.3 Å². The molecule has 0 aliphatic rings. The summed E-state index contributed by atoms with van der Waals surface area (Å²) in [5.41, 5.74) is 1.10. The lowest BCUT2D eigenvalue weighted by atomic mass is 10.1. The van der Waals surface area contributed by atoms with Crippen molar-refractivity contribution in [2.24, 2.45) is 0 Å². The number of rotatable bonds is 7. The van der Waals surface area contributed by atoms with Gasteiger partial charge >= 0.3 is 0 Å². The molecule has 0 bridgehead atoms. The number of aryl methyl sites for hydroxylation is 1. The molecule has 2 rings (SSSR count). The molecule has 0 amide bonds. The van der Waals surface area contributed by atoms with Crippen molar-refractivity contribution in [3.63, 3.8) is 0 Å². The number of aromatic nitrogens is 2. The zero-order valence-corrected chi connectivity index (χ0v) is 13.0. The van der Waals surface area contributed by atoms with Gasteiger partial charge in [0.15, 0.2) is 0 Å². The highest BCUT2D eigenvalue weighted by molar-refractivity contribution is 7.09. The predicted molar refractivity (Wildman–Crippen MR) is 82.0 cm³/mol. The first-order valence-corrected chi connectivity index (χ1v) is 7.99. The van der Waals surface area contributed by atoms with Crippen LogP contribution in [0.15, 0.2) is 23.7 Å². The zero-order chi connectivity index (χ0) is 13.7. The van der Waals surface area contributed by atoms with Gasteiger partial charge in [-0.05, 0) is 31.3 Å². The largest absolute Gasteiger partial charge is 0.308 e. The smallest absolute Gasteiger partial charge is 0.0834 e. The number of thiophene rings is 1. The molecule has 3 nitrogen and oxygen atoms in total. The Labute approximate surface area is 123 Å². The molecule has 0 radical (unpaired) electrons. The van der Waals surface area contributed by atoms with Crippen LogP contribution < -0.4 is 5.32 Å². The molecule has 1 unspecified atom stereocenters. The Balaban J connectivity index is 2.23. The molecule has 0 aliphatic heterocycles. The van der Waals surface area contributed by atoms with E-state index in [1.54, 1.807) is 17.5 Å². The van der Waals surface area contributed by atoms with Gasteiger partial charge in [0.25, 0.3) is 0 Å². The highest BCUT2D eigenvalue weighted by Gasteiger charge is 2.20. The van der Waals surface area contributed by atoms with Crippen molar-refractivity contribution in [1.29, 1.82) is 0 Å². The van der Waals surface area contributed by atoms with Crippen molar-refractivity contribution < 1.29 is 0 Å². The molecular formula is C14H20ClN3S. The number of halogens is 1. The zero-order valence-electron chi connectivity index (χ0n) is 11.4. The van der Waals surface area contributed by atoms with Crippen LogP contribution >= 0.6 is 22.9 Å². The van der Waals surface area contributed by atoms with E-state index in [4.69, 9.17) is 11.6 Å². The third kappa shape index (κ3) is 3.59. The van der Waals surface area contributed by atoms with Crippen molar-refractivity contribution >= 4 is 22.9 Å². The first-order chi connectivity index (χ1) is 9.26. The Morgan fingerprint density at radius 3 is 2.95 bits per heavy atom. The van der Waals surface area contributed by atoms with Crippen LogP contribution in [-0.2, 0) is 13.0 Å². The highest BCUT2D eigenvalue weighted by atomic mass is 35.5. The molecular weight excluding hydrogens is 278 g/mol. The van der Waals surface area contributed by atoms with E-state index in [1.807, 2.05) is 4.68 Å². The van der Waals surface area contributed by atoms with Gasteiger partial charge in [-0.15, -0.1) is 11.3 Å². The molecule has 2 heterocycles. The Kier molecular flexibility index (Phi) is 5.43. The maximum absolute atomic E-state index is 6.32. The molecule has 2 aromatic rings. The van der Waals surface area contributed by atoms with E-state index in [-0.39, 0.29) is 6.04 Å². The molecule has 0 aromatic carbocycles. The Morgan fingerprint density at radius 1 is 1.47 bits per heavy atom. The highest BCUT2D eigenvalue weighted by Crippen LogP contribution is 2.27. The molecule has 2 aromatic heterocycles. The standard InChI is InChI=1S/C14H20ClN3S/c1-3-7-16-13(9-11-6-5-8-19-11)14-12(15)10-17-18(14)4-2/h5-6,8,10,13,16H,3-4,7,9H2,1-2H3. The maximum Gasteiger partial charge on any atom is 0.0834 e. The second kappa shape index (κ2) is 7.08. The summed E-state index contributed by atoms with van der Waals surface area (Å²) < 4.78 is 1.99. The Bertz CT molecular complexity index is 493. The Morgan fingerprint density at radius 2 is 2.32 bits per heavy atom. The lowest BCUT2D eigenvalue weighted by molar-refractivity contribution is 0.481. The summed E-state index contributed by atoms with van der Waals surface area (Å²) in [4.78, 5) is 1.37. The average molecular weight is 298 g/mol. The van der Waals surface area contributed by atoms with Crippen LogP contribution in [0.2, 0.25) is 5.02 Å². The first-order valence-electron chi connectivity index (χ1n) is 6.73. The molecule has 0 saturated heterocycles. The van der Waals surface area contributed by atoms with Gasteiger partial charge in [0.1, 0.15) is 0 Å². The molecule has 104 valence electrons. The first kappa shape index (κ1) is 14.6. The fourth-order valence-electron chi connectivity index (χ4n) is 2.18. The van der Waals surface area contributed by atoms with Crippen molar-refractivity contribution in [1.82, 2.24) is 15.1 Å². The summed E-state index contributed by atoms with van der Waals surface area (Å²) in [7, 11) is 0. The minimum absolute atomic E-state index is 0.230. The van der Waals surface area contributed by atoms with Crippen LogP contribution in [0.1, 0.15) is 36.9 Å². The number of hydrogen-bond donors (Lipinski definition) is 1. The lowest BCUT2D eigenvalue weighted by Gasteiger charge is -2.19.